The molecular formula is C23H27NO7. The van der Waals surface area contributed by atoms with E-state index in [-0.39, 0.29) is 30.6 Å². The number of benzene rings is 2. The quantitative estimate of drug-likeness (QED) is 0.795. The Kier molecular flexibility index (Phi) is 5.19. The van der Waals surface area contributed by atoms with Gasteiger partial charge in [0.15, 0.2) is 29.2 Å². The molecule has 5 rings (SSSR count). The third kappa shape index (κ3) is 3.40. The van der Waals surface area contributed by atoms with Gasteiger partial charge < -0.3 is 33.5 Å². The second-order valence-electron chi connectivity index (χ2n) is 8.01. The number of aromatic hydroxyl groups is 1. The van der Waals surface area contributed by atoms with Crippen molar-refractivity contribution in [2.75, 3.05) is 47.3 Å². The van der Waals surface area contributed by atoms with Crippen molar-refractivity contribution in [1.82, 2.24) is 4.90 Å². The molecule has 3 heterocycles. The zero-order valence-electron chi connectivity index (χ0n) is 17.9. The maximum absolute atomic E-state index is 10.4. The van der Waals surface area contributed by atoms with Crippen molar-refractivity contribution in [1.29, 1.82) is 0 Å². The Morgan fingerprint density at radius 3 is 2.23 bits per heavy atom. The van der Waals surface area contributed by atoms with Crippen LogP contribution in [0.2, 0.25) is 0 Å². The Balaban J connectivity index is 1.64. The van der Waals surface area contributed by atoms with Crippen molar-refractivity contribution >= 4 is 0 Å². The first-order valence-electron chi connectivity index (χ1n) is 10.5. The number of phenols is 1. The fourth-order valence-corrected chi connectivity index (χ4v) is 4.78. The maximum atomic E-state index is 10.4. The molecule has 2 aromatic carbocycles. The standard InChI is InChI=1S/C23H27NO7/c1-13-21(14-8-19(26-2)22(25)20(9-14)27-3)15-10-17-18(30-12-29-17)11-16(15)31-23(13)24-4-6-28-7-5-24/h8-11,13,21,23,25H,4-7,12H2,1-3H3/t13-,21+,23+/m0/s1. The molecule has 0 unspecified atom stereocenters. The molecule has 3 aliphatic rings. The first kappa shape index (κ1) is 20.1. The normalized spacial score (nSPS) is 24.9. The average Bonchev–Trinajstić information content (AvgIpc) is 3.25. The van der Waals surface area contributed by atoms with Crippen molar-refractivity contribution in [3.8, 4) is 34.5 Å². The van der Waals surface area contributed by atoms with Crippen LogP contribution in [0.1, 0.15) is 24.0 Å². The van der Waals surface area contributed by atoms with E-state index in [0.717, 1.165) is 30.0 Å². The number of nitrogens with zero attached hydrogens (tertiary/aromatic N) is 1. The number of methoxy groups -OCH3 is 2. The van der Waals surface area contributed by atoms with Gasteiger partial charge in [-0.2, -0.15) is 0 Å². The summed E-state index contributed by atoms with van der Waals surface area (Å²) in [6.07, 6.45) is -0.132. The average molecular weight is 429 g/mol. The number of rotatable bonds is 4. The van der Waals surface area contributed by atoms with Crippen molar-refractivity contribution in [3.05, 3.63) is 35.4 Å². The van der Waals surface area contributed by atoms with Gasteiger partial charge in [0.05, 0.1) is 27.4 Å². The largest absolute Gasteiger partial charge is 0.502 e. The summed E-state index contributed by atoms with van der Waals surface area (Å²) in [6.45, 7) is 5.38. The van der Waals surface area contributed by atoms with Gasteiger partial charge in [-0.05, 0) is 23.8 Å². The molecule has 0 aliphatic carbocycles. The van der Waals surface area contributed by atoms with Crippen LogP contribution in [0.5, 0.6) is 34.5 Å². The summed E-state index contributed by atoms with van der Waals surface area (Å²) >= 11 is 0. The minimum absolute atomic E-state index is 0.0101. The Labute approximate surface area is 181 Å². The summed E-state index contributed by atoms with van der Waals surface area (Å²) < 4.78 is 34.2. The van der Waals surface area contributed by atoms with Gasteiger partial charge >= 0.3 is 0 Å². The fraction of sp³-hybridized carbons (Fsp3) is 0.478. The van der Waals surface area contributed by atoms with Gasteiger partial charge in [0, 0.05) is 36.6 Å². The number of hydrogen-bond acceptors (Lipinski definition) is 8. The molecule has 31 heavy (non-hydrogen) atoms. The number of phenolic OH excluding ortho intramolecular Hbond substituents is 1. The van der Waals surface area contributed by atoms with Gasteiger partial charge in [0.1, 0.15) is 5.75 Å². The van der Waals surface area contributed by atoms with E-state index in [4.69, 9.17) is 28.4 Å². The highest BCUT2D eigenvalue weighted by molar-refractivity contribution is 5.59. The molecule has 1 saturated heterocycles. The van der Waals surface area contributed by atoms with E-state index in [1.807, 2.05) is 24.3 Å². The Hall–Kier alpha value is -2.84. The van der Waals surface area contributed by atoms with Crippen molar-refractivity contribution in [2.24, 2.45) is 5.92 Å². The topological polar surface area (TPSA) is 78.9 Å². The lowest BCUT2D eigenvalue weighted by Crippen LogP contribution is -2.52. The molecule has 3 atom stereocenters. The van der Waals surface area contributed by atoms with E-state index in [2.05, 4.69) is 11.8 Å². The van der Waals surface area contributed by atoms with Crippen LogP contribution in [0.4, 0.5) is 0 Å². The first-order valence-corrected chi connectivity index (χ1v) is 10.5. The molecule has 2 aromatic rings. The summed E-state index contributed by atoms with van der Waals surface area (Å²) in [7, 11) is 3.07. The van der Waals surface area contributed by atoms with E-state index in [1.54, 1.807) is 0 Å². The minimum Gasteiger partial charge on any atom is -0.502 e. The lowest BCUT2D eigenvalue weighted by Gasteiger charge is -2.44. The lowest BCUT2D eigenvalue weighted by atomic mass is 9.77. The molecule has 8 nitrogen and oxygen atoms in total. The van der Waals surface area contributed by atoms with Crippen molar-refractivity contribution in [2.45, 2.75) is 19.1 Å². The fourth-order valence-electron chi connectivity index (χ4n) is 4.78. The summed E-state index contributed by atoms with van der Waals surface area (Å²) in [5.74, 6) is 2.98. The highest BCUT2D eigenvalue weighted by Crippen LogP contribution is 2.51. The van der Waals surface area contributed by atoms with E-state index >= 15 is 0 Å². The molecule has 1 N–H and O–H groups in total. The Morgan fingerprint density at radius 2 is 1.58 bits per heavy atom. The van der Waals surface area contributed by atoms with Crippen LogP contribution in [0.15, 0.2) is 24.3 Å². The molecule has 0 amide bonds. The number of fused-ring (bicyclic) bond motifs is 2. The third-order valence-corrected chi connectivity index (χ3v) is 6.33. The molecule has 0 radical (unpaired) electrons. The van der Waals surface area contributed by atoms with Crippen molar-refractivity contribution in [3.63, 3.8) is 0 Å². The van der Waals surface area contributed by atoms with Crippen LogP contribution in [-0.2, 0) is 4.74 Å². The molecule has 0 aromatic heterocycles. The smallest absolute Gasteiger partial charge is 0.231 e. The van der Waals surface area contributed by atoms with Crippen LogP contribution >= 0.6 is 0 Å². The molecule has 0 saturated carbocycles. The van der Waals surface area contributed by atoms with Gasteiger partial charge in [-0.1, -0.05) is 6.92 Å². The highest BCUT2D eigenvalue weighted by Gasteiger charge is 2.41. The van der Waals surface area contributed by atoms with Crippen LogP contribution < -0.4 is 23.7 Å². The number of hydrogen-bond donors (Lipinski definition) is 1. The summed E-state index contributed by atoms with van der Waals surface area (Å²) in [4.78, 5) is 2.32. The Morgan fingerprint density at radius 1 is 0.935 bits per heavy atom. The van der Waals surface area contributed by atoms with Crippen LogP contribution in [-0.4, -0.2) is 63.6 Å². The maximum Gasteiger partial charge on any atom is 0.231 e. The SMILES string of the molecule is COc1cc([C@@H]2c3cc4c(cc3O[C@@H](N3CCOCC3)[C@H]2C)OCO4)cc(OC)c1O. The van der Waals surface area contributed by atoms with Gasteiger partial charge in [-0.15, -0.1) is 0 Å². The molecule has 166 valence electrons. The summed E-state index contributed by atoms with van der Waals surface area (Å²) in [5.41, 5.74) is 1.98. The highest BCUT2D eigenvalue weighted by atomic mass is 16.7. The third-order valence-electron chi connectivity index (χ3n) is 6.33. The van der Waals surface area contributed by atoms with E-state index in [1.165, 1.54) is 14.2 Å². The van der Waals surface area contributed by atoms with Crippen molar-refractivity contribution < 1.29 is 33.5 Å². The molecule has 1 fully saturated rings. The minimum atomic E-state index is -0.132. The number of morpholine rings is 1. The van der Waals surface area contributed by atoms with Crippen LogP contribution in [0.25, 0.3) is 0 Å². The van der Waals surface area contributed by atoms with Gasteiger partial charge in [-0.25, -0.2) is 0 Å². The zero-order valence-corrected chi connectivity index (χ0v) is 17.9. The Bertz CT molecular complexity index is 948. The molecular weight excluding hydrogens is 402 g/mol. The second-order valence-corrected chi connectivity index (χ2v) is 8.01. The first-order chi connectivity index (χ1) is 15.1. The molecule has 0 bridgehead atoms. The zero-order chi connectivity index (χ0) is 21.5. The monoisotopic (exact) mass is 429 g/mol. The van der Waals surface area contributed by atoms with E-state index in [9.17, 15) is 5.11 Å². The van der Waals surface area contributed by atoms with Gasteiger partial charge in [0.25, 0.3) is 0 Å². The summed E-state index contributed by atoms with van der Waals surface area (Å²) in [6, 6.07) is 7.66. The number of ether oxygens (including phenoxy) is 6. The van der Waals surface area contributed by atoms with Gasteiger partial charge in [-0.3, -0.25) is 4.90 Å². The predicted octanol–water partition coefficient (Wildman–Crippen LogP) is 2.96. The molecule has 0 spiro atoms. The molecule has 3 aliphatic heterocycles. The van der Waals surface area contributed by atoms with E-state index in [0.29, 0.717) is 36.2 Å². The second kappa shape index (κ2) is 8.01. The lowest BCUT2D eigenvalue weighted by molar-refractivity contribution is -0.0784. The summed E-state index contributed by atoms with van der Waals surface area (Å²) in [5, 5.41) is 10.4. The van der Waals surface area contributed by atoms with Crippen LogP contribution in [0, 0.1) is 5.92 Å². The van der Waals surface area contributed by atoms with Crippen LogP contribution in [0.3, 0.4) is 0 Å². The predicted molar refractivity (Wildman–Crippen MR) is 112 cm³/mol. The van der Waals surface area contributed by atoms with E-state index < -0.39 is 0 Å². The molecule has 8 heteroatoms. The van der Waals surface area contributed by atoms with Gasteiger partial charge in [0.2, 0.25) is 12.5 Å².